The molecule has 0 spiro atoms. The van der Waals surface area contributed by atoms with Crippen LogP contribution in [0.2, 0.25) is 0 Å². The summed E-state index contributed by atoms with van der Waals surface area (Å²) in [6.45, 7) is 15.9. The second-order valence-corrected chi connectivity index (χ2v) is 14.2. The summed E-state index contributed by atoms with van der Waals surface area (Å²) in [5, 5.41) is 0.614. The van der Waals surface area contributed by atoms with Crippen molar-refractivity contribution in [3.05, 3.63) is 0 Å². The van der Waals surface area contributed by atoms with E-state index in [2.05, 4.69) is 0 Å². The Morgan fingerprint density at radius 2 is 0.562 bits per heavy atom. The number of nitrogens with zero attached hydrogens (tertiary/aromatic N) is 1. The van der Waals surface area contributed by atoms with Gasteiger partial charge in [-0.1, -0.05) is 11.8 Å². The number of ether oxygens (including phenoxy) is 16. The van der Waals surface area contributed by atoms with Crippen LogP contribution in [-0.2, 0) is 99.8 Å². The van der Waals surface area contributed by atoms with Gasteiger partial charge in [-0.25, -0.2) is 4.79 Å². The number of carbonyl (C=O) groups is 4. The highest BCUT2D eigenvalue weighted by atomic mass is 32.2. The number of amides is 2. The molecule has 0 aromatic rings. The van der Waals surface area contributed by atoms with Gasteiger partial charge >= 0.3 is 5.97 Å². The molecule has 0 bridgehead atoms. The molecule has 0 aromatic heterocycles. The molecule has 0 saturated carbocycles. The van der Waals surface area contributed by atoms with Gasteiger partial charge in [-0.3, -0.25) is 14.4 Å². The molecular formula is C41H75NO21S. The molecule has 376 valence electrons. The Morgan fingerprint density at radius 1 is 0.359 bits per heavy atom. The van der Waals surface area contributed by atoms with E-state index in [0.717, 1.165) is 0 Å². The van der Waals surface area contributed by atoms with Crippen molar-refractivity contribution in [1.82, 2.24) is 5.06 Å². The number of imide groups is 1. The van der Waals surface area contributed by atoms with Gasteiger partial charge in [-0.15, -0.1) is 5.06 Å². The molecule has 1 saturated heterocycles. The van der Waals surface area contributed by atoms with E-state index >= 15 is 0 Å². The average molecular weight is 950 g/mol. The van der Waals surface area contributed by atoms with Crippen LogP contribution in [-0.4, -0.2) is 245 Å². The van der Waals surface area contributed by atoms with Crippen molar-refractivity contribution >= 4 is 34.7 Å². The van der Waals surface area contributed by atoms with Crippen LogP contribution < -0.4 is 0 Å². The summed E-state index contributed by atoms with van der Waals surface area (Å²) in [7, 11) is 0. The summed E-state index contributed by atoms with van der Waals surface area (Å²) in [6.07, 6.45) is 0.0292. The van der Waals surface area contributed by atoms with Crippen LogP contribution in [0.3, 0.4) is 0 Å². The van der Waals surface area contributed by atoms with Crippen LogP contribution in [0.25, 0.3) is 0 Å². The first kappa shape index (κ1) is 60.0. The number of thioether (sulfide) groups is 1. The fourth-order valence-corrected chi connectivity index (χ4v) is 5.09. The van der Waals surface area contributed by atoms with Gasteiger partial charge in [0.2, 0.25) is 0 Å². The SMILES string of the molecule is CC(=O)SCCOCCOCCOCCOCCOCCOCCOCCOCCOCCOCCOCCOCCOCCOCCOCCOCCC(=O)ON1C(=O)CCC1=O. The lowest BCUT2D eigenvalue weighted by Crippen LogP contribution is -2.32. The fraction of sp³-hybridized carbons (Fsp3) is 0.902. The monoisotopic (exact) mass is 949 g/mol. The first-order chi connectivity index (χ1) is 31.5. The van der Waals surface area contributed by atoms with Crippen molar-refractivity contribution in [2.75, 3.05) is 217 Å². The summed E-state index contributed by atoms with van der Waals surface area (Å²) in [4.78, 5) is 50.1. The molecule has 0 aromatic carbocycles. The molecule has 0 radical (unpaired) electrons. The van der Waals surface area contributed by atoms with Crippen LogP contribution in [0.4, 0.5) is 0 Å². The predicted octanol–water partition coefficient (Wildman–Crippen LogP) is 0.529. The lowest BCUT2D eigenvalue weighted by molar-refractivity contribution is -0.198. The summed E-state index contributed by atoms with van der Waals surface area (Å²) < 4.78 is 87.2. The quantitative estimate of drug-likeness (QED) is 0.0598. The topological polar surface area (TPSA) is 228 Å². The molecule has 1 aliphatic heterocycles. The van der Waals surface area contributed by atoms with E-state index in [9.17, 15) is 19.2 Å². The van der Waals surface area contributed by atoms with E-state index in [1.807, 2.05) is 0 Å². The van der Waals surface area contributed by atoms with Crippen LogP contribution in [0.15, 0.2) is 0 Å². The van der Waals surface area contributed by atoms with E-state index in [1.165, 1.54) is 11.8 Å². The Morgan fingerprint density at radius 3 is 0.781 bits per heavy atom. The first-order valence-electron chi connectivity index (χ1n) is 21.9. The molecule has 64 heavy (non-hydrogen) atoms. The normalized spacial score (nSPS) is 12.9. The van der Waals surface area contributed by atoms with E-state index in [-0.39, 0.29) is 37.6 Å². The van der Waals surface area contributed by atoms with Crippen molar-refractivity contribution in [3.8, 4) is 0 Å². The molecule has 0 aliphatic carbocycles. The van der Waals surface area contributed by atoms with Crippen molar-refractivity contribution in [1.29, 1.82) is 0 Å². The molecular weight excluding hydrogens is 875 g/mol. The molecule has 1 fully saturated rings. The molecule has 0 N–H and O–H groups in total. The minimum Gasteiger partial charge on any atom is -0.378 e. The third-order valence-corrected chi connectivity index (χ3v) is 8.54. The predicted molar refractivity (Wildman–Crippen MR) is 228 cm³/mol. The second kappa shape index (κ2) is 48.9. The zero-order valence-electron chi connectivity index (χ0n) is 37.9. The van der Waals surface area contributed by atoms with Gasteiger partial charge in [0.1, 0.15) is 0 Å². The lowest BCUT2D eigenvalue weighted by Gasteiger charge is -2.12. The van der Waals surface area contributed by atoms with Gasteiger partial charge < -0.3 is 80.6 Å². The Bertz CT molecular complexity index is 1070. The van der Waals surface area contributed by atoms with Gasteiger partial charge in [0.05, 0.1) is 218 Å². The molecule has 2 amide bonds. The number of hydroxylamine groups is 2. The number of hydrogen-bond acceptors (Lipinski definition) is 22. The summed E-state index contributed by atoms with van der Waals surface area (Å²) in [5.41, 5.74) is 0. The summed E-state index contributed by atoms with van der Waals surface area (Å²) >= 11 is 1.26. The first-order valence-corrected chi connectivity index (χ1v) is 22.9. The molecule has 23 heteroatoms. The zero-order chi connectivity index (χ0) is 46.1. The molecule has 1 aliphatic rings. The molecule has 0 unspecified atom stereocenters. The number of rotatable bonds is 52. The average Bonchev–Trinajstić information content (AvgIpc) is 3.60. The van der Waals surface area contributed by atoms with Crippen molar-refractivity contribution < 1.29 is 99.8 Å². The molecule has 1 rings (SSSR count). The minimum atomic E-state index is -0.703. The summed E-state index contributed by atoms with van der Waals surface area (Å²) in [5.74, 6) is -1.07. The minimum absolute atomic E-state index is 0.0544. The Kier molecular flexibility index (Phi) is 45.9. The van der Waals surface area contributed by atoms with Gasteiger partial charge in [-0.05, 0) is 0 Å². The smallest absolute Gasteiger partial charge is 0.335 e. The van der Waals surface area contributed by atoms with Crippen LogP contribution in [0, 0.1) is 0 Å². The third-order valence-electron chi connectivity index (χ3n) is 7.76. The van der Waals surface area contributed by atoms with E-state index in [1.54, 1.807) is 6.92 Å². The van der Waals surface area contributed by atoms with Crippen LogP contribution in [0.5, 0.6) is 0 Å². The van der Waals surface area contributed by atoms with Gasteiger partial charge in [-0.2, -0.15) is 0 Å². The Labute approximate surface area is 382 Å². The molecule has 22 nitrogen and oxygen atoms in total. The Balaban J connectivity index is 1.61. The highest BCUT2D eigenvalue weighted by molar-refractivity contribution is 8.13. The highest BCUT2D eigenvalue weighted by Gasteiger charge is 2.32. The Hall–Kier alpha value is -2.01. The molecule has 0 atom stereocenters. The largest absolute Gasteiger partial charge is 0.378 e. The standard InChI is InChI=1S/C41H75NO21S/c1-38(43)64-37-36-62-35-34-61-33-32-60-31-30-59-29-28-58-27-26-57-25-24-56-23-22-55-21-20-54-19-18-53-17-16-52-15-14-51-13-12-50-11-10-49-9-8-48-7-6-47-5-4-41(46)63-42-39(44)2-3-40(42)45/h2-37H2,1H3. The van der Waals surface area contributed by atoms with Gasteiger partial charge in [0, 0.05) is 25.5 Å². The van der Waals surface area contributed by atoms with Crippen LogP contribution >= 0.6 is 11.8 Å². The number of hydrogen-bond donors (Lipinski definition) is 0. The maximum atomic E-state index is 11.7. The van der Waals surface area contributed by atoms with E-state index < -0.39 is 17.8 Å². The van der Waals surface area contributed by atoms with E-state index in [0.29, 0.717) is 209 Å². The van der Waals surface area contributed by atoms with Crippen LogP contribution in [0.1, 0.15) is 26.2 Å². The van der Waals surface area contributed by atoms with Crippen molar-refractivity contribution in [2.45, 2.75) is 26.2 Å². The van der Waals surface area contributed by atoms with Crippen molar-refractivity contribution in [3.63, 3.8) is 0 Å². The fourth-order valence-electron chi connectivity index (χ4n) is 4.61. The van der Waals surface area contributed by atoms with E-state index in [4.69, 9.17) is 80.6 Å². The summed E-state index contributed by atoms with van der Waals surface area (Å²) in [6, 6.07) is 0. The lowest BCUT2D eigenvalue weighted by atomic mass is 10.4. The third kappa shape index (κ3) is 43.9. The van der Waals surface area contributed by atoms with Crippen molar-refractivity contribution in [2.24, 2.45) is 0 Å². The maximum absolute atomic E-state index is 11.7. The van der Waals surface area contributed by atoms with Gasteiger partial charge in [0.25, 0.3) is 11.8 Å². The second-order valence-electron chi connectivity index (χ2n) is 12.9. The highest BCUT2D eigenvalue weighted by Crippen LogP contribution is 2.12. The number of carbonyl (C=O) groups excluding carboxylic acids is 4. The maximum Gasteiger partial charge on any atom is 0.335 e. The molecule has 1 heterocycles. The zero-order valence-corrected chi connectivity index (χ0v) is 38.7. The van der Waals surface area contributed by atoms with Gasteiger partial charge in [0.15, 0.2) is 5.12 Å².